The van der Waals surface area contributed by atoms with Crippen molar-refractivity contribution >= 4 is 44.4 Å². The van der Waals surface area contributed by atoms with Crippen LogP contribution in [0.4, 0.5) is 14.6 Å². The number of rotatable bonds is 6. The van der Waals surface area contributed by atoms with Crippen LogP contribution >= 0.6 is 12.4 Å². The number of anilines is 1. The van der Waals surface area contributed by atoms with Gasteiger partial charge >= 0.3 is 177 Å². The number of aromatic nitrogens is 2. The Balaban J connectivity index is 0.00000320. The van der Waals surface area contributed by atoms with E-state index in [1.54, 1.807) is 0 Å². The Kier molecular flexibility index (Phi) is 8.62. The van der Waals surface area contributed by atoms with E-state index in [1.807, 2.05) is 25.9 Å². The smallest absolute Gasteiger partial charge is 0.147 e. The van der Waals surface area contributed by atoms with Gasteiger partial charge in [-0.3, -0.25) is 0 Å². The first-order valence-corrected chi connectivity index (χ1v) is 12.2. The van der Waals surface area contributed by atoms with Crippen LogP contribution in [0.3, 0.4) is 0 Å². The van der Waals surface area contributed by atoms with E-state index in [-0.39, 0.29) is 29.5 Å². The molecule has 1 heterocycles. The van der Waals surface area contributed by atoms with Crippen molar-refractivity contribution in [1.29, 1.82) is 0 Å². The number of aryl methyl sites for hydroxylation is 1. The van der Waals surface area contributed by atoms with Gasteiger partial charge in [0.15, 0.2) is 0 Å². The zero-order valence-corrected chi connectivity index (χ0v) is 20.3. The van der Waals surface area contributed by atoms with Gasteiger partial charge in [0.25, 0.3) is 0 Å². The van der Waals surface area contributed by atoms with Crippen LogP contribution < -0.4 is 15.1 Å². The quantitative estimate of drug-likeness (QED) is 0.619. The molecular weight excluding hydrogens is 473 g/mol. The first kappa shape index (κ1) is 24.5. The number of benzene rings is 1. The minimum atomic E-state index is -0.931. The van der Waals surface area contributed by atoms with Crippen LogP contribution in [0.2, 0.25) is 4.71 Å². The fraction of sp³-hybridized carbons (Fsp3) is 0.476. The molecule has 0 bridgehead atoms. The number of carbonyl (C=O) groups excluding carboxylic acids is 1. The zero-order valence-electron chi connectivity index (χ0n) is 17.4. The van der Waals surface area contributed by atoms with Crippen molar-refractivity contribution < 1.29 is 13.6 Å². The predicted octanol–water partition coefficient (Wildman–Crippen LogP) is 3.11. The molecule has 2 N–H and O–H groups in total. The van der Waals surface area contributed by atoms with Crippen LogP contribution in [0, 0.1) is 11.6 Å². The summed E-state index contributed by atoms with van der Waals surface area (Å²) in [6.07, 6.45) is 4.08. The van der Waals surface area contributed by atoms with E-state index in [0.717, 1.165) is 54.3 Å². The summed E-state index contributed by atoms with van der Waals surface area (Å²) in [5.41, 5.74) is 5.65. The Morgan fingerprint density at radius 1 is 1.20 bits per heavy atom. The summed E-state index contributed by atoms with van der Waals surface area (Å²) >= 11 is -0.478. The van der Waals surface area contributed by atoms with E-state index in [9.17, 15) is 13.6 Å². The van der Waals surface area contributed by atoms with Crippen LogP contribution in [-0.4, -0.2) is 45.7 Å². The van der Waals surface area contributed by atoms with Crippen LogP contribution in [0.5, 0.6) is 0 Å². The standard InChI is InChI=1S/C21H27AsF2N4O.ClH/c1-4-17-26-16(11-18(27-17)28(2)3)22-13-7-5-12(6-8-13)19-14(21(25)29)9-10-15(23)20(19)24;/h9-13,22H,4-8H2,1-3H3,(H2,25,29);1H/t12-,13+;. The average Bonchev–Trinajstić information content (AvgIpc) is 2.70. The van der Waals surface area contributed by atoms with Crippen molar-refractivity contribution in [3.8, 4) is 0 Å². The number of halogens is 3. The Bertz CT molecular complexity index is 905. The molecule has 3 rings (SSSR count). The number of hydrogen-bond acceptors (Lipinski definition) is 4. The molecule has 0 aliphatic heterocycles. The molecule has 1 unspecified atom stereocenters. The van der Waals surface area contributed by atoms with Gasteiger partial charge in [-0.1, -0.05) is 0 Å². The molecule has 1 aliphatic carbocycles. The van der Waals surface area contributed by atoms with Gasteiger partial charge in [0.2, 0.25) is 0 Å². The summed E-state index contributed by atoms with van der Waals surface area (Å²) in [5.74, 6) is -0.956. The van der Waals surface area contributed by atoms with Crippen LogP contribution in [-0.2, 0) is 6.42 Å². The van der Waals surface area contributed by atoms with Crippen molar-refractivity contribution in [3.63, 3.8) is 0 Å². The number of carbonyl (C=O) groups is 1. The Morgan fingerprint density at radius 2 is 1.87 bits per heavy atom. The molecule has 1 aromatic carbocycles. The van der Waals surface area contributed by atoms with Crippen LogP contribution in [0.15, 0.2) is 18.2 Å². The third-order valence-corrected chi connectivity index (χ3v) is 8.64. The fourth-order valence-electron chi connectivity index (χ4n) is 3.86. The normalized spacial score (nSPS) is 19.0. The minimum Gasteiger partial charge on any atom is -0.147 e. The van der Waals surface area contributed by atoms with E-state index in [0.29, 0.717) is 4.71 Å². The summed E-state index contributed by atoms with van der Waals surface area (Å²) in [5, 5.41) is 0. The summed E-state index contributed by atoms with van der Waals surface area (Å²) in [6, 6.07) is 4.34. The Hall–Kier alpha value is -1.72. The van der Waals surface area contributed by atoms with Gasteiger partial charge in [-0.2, -0.15) is 0 Å². The molecule has 1 aromatic heterocycles. The summed E-state index contributed by atoms with van der Waals surface area (Å²) in [7, 11) is 3.95. The maximum Gasteiger partial charge on any atom is -0.147 e. The molecule has 164 valence electrons. The molecule has 0 saturated heterocycles. The molecule has 1 aliphatic rings. The van der Waals surface area contributed by atoms with Gasteiger partial charge in [0, 0.05) is 0 Å². The van der Waals surface area contributed by atoms with Crippen molar-refractivity contribution in [3.05, 3.63) is 46.8 Å². The summed E-state index contributed by atoms with van der Waals surface area (Å²) in [4.78, 5) is 23.0. The van der Waals surface area contributed by atoms with Crippen LogP contribution in [0.25, 0.3) is 0 Å². The SMILES string of the molecule is CCc1nc([AsH][C@H]2CC[C@@H](c3c(C(N)=O)ccc(F)c3F)CC2)cc(N(C)C)n1.Cl. The number of hydrogen-bond donors (Lipinski definition) is 1. The first-order chi connectivity index (χ1) is 13.8. The minimum absolute atomic E-state index is 0. The van der Waals surface area contributed by atoms with Gasteiger partial charge in [-0.25, -0.2) is 0 Å². The van der Waals surface area contributed by atoms with E-state index in [2.05, 4.69) is 11.1 Å². The third-order valence-electron chi connectivity index (χ3n) is 5.42. The second-order valence-electron chi connectivity index (χ2n) is 7.66. The molecule has 1 saturated carbocycles. The van der Waals surface area contributed by atoms with E-state index in [4.69, 9.17) is 10.7 Å². The number of primary amides is 1. The average molecular weight is 501 g/mol. The maximum atomic E-state index is 14.5. The molecule has 9 heteroatoms. The molecule has 0 spiro atoms. The number of amides is 1. The number of nitrogens with zero attached hydrogens (tertiary/aromatic N) is 3. The van der Waals surface area contributed by atoms with Crippen molar-refractivity contribution in [2.24, 2.45) is 5.73 Å². The van der Waals surface area contributed by atoms with E-state index < -0.39 is 33.3 Å². The topological polar surface area (TPSA) is 72.1 Å². The fourth-order valence-corrected chi connectivity index (χ4v) is 6.89. The molecule has 2 aromatic rings. The van der Waals surface area contributed by atoms with Gasteiger partial charge < -0.3 is 0 Å². The summed E-state index contributed by atoms with van der Waals surface area (Å²) in [6.45, 7) is 2.05. The second-order valence-corrected chi connectivity index (χ2v) is 11.0. The Morgan fingerprint density at radius 3 is 2.43 bits per heavy atom. The van der Waals surface area contributed by atoms with Gasteiger partial charge in [0.05, 0.1) is 0 Å². The molecule has 5 nitrogen and oxygen atoms in total. The van der Waals surface area contributed by atoms with Crippen molar-refractivity contribution in [2.45, 2.75) is 49.7 Å². The molecule has 30 heavy (non-hydrogen) atoms. The summed E-state index contributed by atoms with van der Waals surface area (Å²) < 4.78 is 29.9. The number of nitrogens with two attached hydrogens (primary N) is 1. The molecule has 0 radical (unpaired) electrons. The van der Waals surface area contributed by atoms with Gasteiger partial charge in [0.1, 0.15) is 0 Å². The second kappa shape index (κ2) is 10.5. The molecule has 1 fully saturated rings. The molecule has 1 amide bonds. The monoisotopic (exact) mass is 500 g/mol. The maximum absolute atomic E-state index is 14.5. The van der Waals surface area contributed by atoms with Crippen molar-refractivity contribution in [1.82, 2.24) is 9.97 Å². The Labute approximate surface area is 188 Å². The van der Waals surface area contributed by atoms with Crippen molar-refractivity contribution in [2.75, 3.05) is 19.0 Å². The molecule has 1 atom stereocenters. The predicted molar refractivity (Wildman–Crippen MR) is 120 cm³/mol. The van der Waals surface area contributed by atoms with E-state index >= 15 is 0 Å². The largest absolute Gasteiger partial charge is 0.147 e. The zero-order chi connectivity index (χ0) is 21.1. The van der Waals surface area contributed by atoms with Crippen LogP contribution in [0.1, 0.15) is 60.3 Å². The third kappa shape index (κ3) is 5.50. The van der Waals surface area contributed by atoms with Gasteiger partial charge in [-0.15, -0.1) is 12.4 Å². The van der Waals surface area contributed by atoms with E-state index in [1.165, 1.54) is 6.07 Å². The molecular formula is C21H28AsClF2N4O. The van der Waals surface area contributed by atoms with Gasteiger partial charge in [-0.05, 0) is 0 Å². The first-order valence-electron chi connectivity index (χ1n) is 9.89.